The van der Waals surface area contributed by atoms with Crippen LogP contribution in [0.4, 0.5) is 0 Å². The molecular formula is C20H27N3O4. The van der Waals surface area contributed by atoms with Crippen molar-refractivity contribution in [2.75, 3.05) is 13.1 Å². The van der Waals surface area contributed by atoms with Crippen LogP contribution in [0, 0.1) is 19.8 Å². The zero-order valence-corrected chi connectivity index (χ0v) is 16.0. The van der Waals surface area contributed by atoms with Crippen LogP contribution in [0.15, 0.2) is 22.7 Å². The lowest BCUT2D eigenvalue weighted by Crippen LogP contribution is -2.35. The summed E-state index contributed by atoms with van der Waals surface area (Å²) < 4.78 is 11.1. The van der Waals surface area contributed by atoms with Gasteiger partial charge in [-0.05, 0) is 68.8 Å². The van der Waals surface area contributed by atoms with Gasteiger partial charge in [0.05, 0.1) is 6.54 Å². The highest BCUT2D eigenvalue weighted by Crippen LogP contribution is 2.22. The first kappa shape index (κ1) is 19.4. The van der Waals surface area contributed by atoms with Crippen LogP contribution in [-0.4, -0.2) is 39.2 Å². The maximum Gasteiger partial charge on any atom is 0.303 e. The Labute approximate surface area is 159 Å². The minimum absolute atomic E-state index is 0.235. The second-order valence-corrected chi connectivity index (χ2v) is 7.39. The Kier molecular flexibility index (Phi) is 6.45. The first-order valence-electron chi connectivity index (χ1n) is 9.44. The second kappa shape index (κ2) is 8.99. The number of aromatic nitrogens is 2. The summed E-state index contributed by atoms with van der Waals surface area (Å²) in [6.07, 6.45) is 3.12. The van der Waals surface area contributed by atoms with Crippen molar-refractivity contribution in [2.45, 2.75) is 52.7 Å². The molecule has 1 aromatic heterocycles. The number of piperidine rings is 1. The summed E-state index contributed by atoms with van der Waals surface area (Å²) in [5, 5.41) is 12.9. The number of hydrogen-bond donors (Lipinski definition) is 1. The van der Waals surface area contributed by atoms with Crippen molar-refractivity contribution in [1.29, 1.82) is 0 Å². The lowest BCUT2D eigenvalue weighted by atomic mass is 9.93. The van der Waals surface area contributed by atoms with Crippen molar-refractivity contribution in [3.05, 3.63) is 41.0 Å². The van der Waals surface area contributed by atoms with Gasteiger partial charge in [-0.2, -0.15) is 4.98 Å². The maximum atomic E-state index is 10.8. The van der Waals surface area contributed by atoms with Crippen molar-refractivity contribution in [3.8, 4) is 5.75 Å². The SMILES string of the molecule is Cc1cc(C)cc(OCc2noc(CN3CCCC(CCC(=O)O)C3)n2)c1. The molecule has 2 aromatic rings. The monoisotopic (exact) mass is 373 g/mol. The molecule has 1 unspecified atom stereocenters. The van der Waals surface area contributed by atoms with Crippen LogP contribution in [0.5, 0.6) is 5.75 Å². The molecule has 1 aliphatic rings. The van der Waals surface area contributed by atoms with E-state index in [1.165, 1.54) is 0 Å². The van der Waals surface area contributed by atoms with E-state index in [0.717, 1.165) is 49.2 Å². The number of aliphatic carboxylic acids is 1. The first-order chi connectivity index (χ1) is 13.0. The molecule has 2 heterocycles. The number of ether oxygens (including phenoxy) is 1. The number of benzene rings is 1. The van der Waals surface area contributed by atoms with E-state index in [1.807, 2.05) is 26.0 Å². The van der Waals surface area contributed by atoms with Crippen LogP contribution in [0.1, 0.15) is 48.5 Å². The van der Waals surface area contributed by atoms with Crippen molar-refractivity contribution < 1.29 is 19.2 Å². The molecule has 0 aliphatic carbocycles. The Morgan fingerprint density at radius 2 is 2.11 bits per heavy atom. The molecule has 3 rings (SSSR count). The van der Waals surface area contributed by atoms with Gasteiger partial charge in [0.25, 0.3) is 0 Å². The number of rotatable bonds is 8. The minimum Gasteiger partial charge on any atom is -0.485 e. The summed E-state index contributed by atoms with van der Waals surface area (Å²) >= 11 is 0. The van der Waals surface area contributed by atoms with Crippen LogP contribution >= 0.6 is 0 Å². The van der Waals surface area contributed by atoms with Crippen LogP contribution in [0.25, 0.3) is 0 Å². The van der Waals surface area contributed by atoms with E-state index in [1.54, 1.807) is 0 Å². The highest BCUT2D eigenvalue weighted by Gasteiger charge is 2.22. The molecule has 1 atom stereocenters. The highest BCUT2D eigenvalue weighted by molar-refractivity contribution is 5.66. The van der Waals surface area contributed by atoms with Gasteiger partial charge in [0.15, 0.2) is 6.61 Å². The smallest absolute Gasteiger partial charge is 0.303 e. The molecule has 146 valence electrons. The lowest BCUT2D eigenvalue weighted by Gasteiger charge is -2.31. The molecule has 7 nitrogen and oxygen atoms in total. The van der Waals surface area contributed by atoms with Gasteiger partial charge in [0.2, 0.25) is 11.7 Å². The number of nitrogens with zero attached hydrogens (tertiary/aromatic N) is 3. The summed E-state index contributed by atoms with van der Waals surface area (Å²) in [6, 6.07) is 6.07. The molecule has 1 N–H and O–H groups in total. The van der Waals surface area contributed by atoms with Crippen molar-refractivity contribution in [3.63, 3.8) is 0 Å². The topological polar surface area (TPSA) is 88.7 Å². The van der Waals surface area contributed by atoms with Crippen LogP contribution in [-0.2, 0) is 17.9 Å². The van der Waals surface area contributed by atoms with E-state index in [2.05, 4.69) is 21.1 Å². The molecular weight excluding hydrogens is 346 g/mol. The highest BCUT2D eigenvalue weighted by atomic mass is 16.5. The van der Waals surface area contributed by atoms with Gasteiger partial charge in [0.1, 0.15) is 5.75 Å². The average molecular weight is 373 g/mol. The molecule has 1 aromatic carbocycles. The number of likely N-dealkylation sites (tertiary alicyclic amines) is 1. The molecule has 1 aliphatic heterocycles. The van der Waals surface area contributed by atoms with Crippen LogP contribution in [0.3, 0.4) is 0 Å². The van der Waals surface area contributed by atoms with Crippen molar-refractivity contribution >= 4 is 5.97 Å². The van der Waals surface area contributed by atoms with Crippen molar-refractivity contribution in [2.24, 2.45) is 5.92 Å². The largest absolute Gasteiger partial charge is 0.485 e. The Morgan fingerprint density at radius 1 is 1.33 bits per heavy atom. The van der Waals surface area contributed by atoms with E-state index in [0.29, 0.717) is 24.2 Å². The third-order valence-electron chi connectivity index (χ3n) is 4.80. The van der Waals surface area contributed by atoms with Gasteiger partial charge in [-0.15, -0.1) is 0 Å². The Hall–Kier alpha value is -2.41. The molecule has 27 heavy (non-hydrogen) atoms. The molecule has 0 amide bonds. The summed E-state index contributed by atoms with van der Waals surface area (Å²) in [5.41, 5.74) is 2.31. The van der Waals surface area contributed by atoms with E-state index >= 15 is 0 Å². The van der Waals surface area contributed by atoms with E-state index < -0.39 is 5.97 Å². The maximum absolute atomic E-state index is 10.8. The summed E-state index contributed by atoms with van der Waals surface area (Å²) in [6.45, 7) is 6.79. The molecule has 1 saturated heterocycles. The zero-order valence-electron chi connectivity index (χ0n) is 16.0. The fourth-order valence-corrected chi connectivity index (χ4v) is 3.63. The zero-order chi connectivity index (χ0) is 19.2. The first-order valence-corrected chi connectivity index (χ1v) is 9.44. The fraction of sp³-hybridized carbons (Fsp3) is 0.550. The quantitative estimate of drug-likeness (QED) is 0.759. The van der Waals surface area contributed by atoms with Gasteiger partial charge in [0, 0.05) is 13.0 Å². The van der Waals surface area contributed by atoms with Crippen LogP contribution in [0.2, 0.25) is 0 Å². The molecule has 0 saturated carbocycles. The number of carboxylic acid groups (broad SMARTS) is 1. The van der Waals surface area contributed by atoms with Crippen LogP contribution < -0.4 is 4.74 Å². The lowest BCUT2D eigenvalue weighted by molar-refractivity contribution is -0.137. The molecule has 1 fully saturated rings. The van der Waals surface area contributed by atoms with Crippen molar-refractivity contribution in [1.82, 2.24) is 15.0 Å². The van der Waals surface area contributed by atoms with Gasteiger partial charge in [-0.1, -0.05) is 11.2 Å². The molecule has 0 spiro atoms. The van der Waals surface area contributed by atoms with Gasteiger partial charge in [-0.3, -0.25) is 9.69 Å². The summed E-state index contributed by atoms with van der Waals surface area (Å²) in [4.78, 5) is 17.4. The van der Waals surface area contributed by atoms with E-state index in [4.69, 9.17) is 14.4 Å². The van der Waals surface area contributed by atoms with E-state index in [-0.39, 0.29) is 13.0 Å². The summed E-state index contributed by atoms with van der Waals surface area (Å²) in [5.74, 6) is 1.61. The molecule has 0 radical (unpaired) electrons. The number of aryl methyl sites for hydroxylation is 2. The third-order valence-corrected chi connectivity index (χ3v) is 4.80. The van der Waals surface area contributed by atoms with Gasteiger partial charge < -0.3 is 14.4 Å². The number of hydrogen-bond acceptors (Lipinski definition) is 6. The fourth-order valence-electron chi connectivity index (χ4n) is 3.63. The van der Waals surface area contributed by atoms with Gasteiger partial charge in [-0.25, -0.2) is 0 Å². The van der Waals surface area contributed by atoms with Gasteiger partial charge >= 0.3 is 5.97 Å². The van der Waals surface area contributed by atoms with E-state index in [9.17, 15) is 4.79 Å². The Morgan fingerprint density at radius 3 is 2.85 bits per heavy atom. The average Bonchev–Trinajstić information content (AvgIpc) is 3.05. The predicted octanol–water partition coefficient (Wildman–Crippen LogP) is 3.34. The minimum atomic E-state index is -0.725. The second-order valence-electron chi connectivity index (χ2n) is 7.39. The number of carboxylic acids is 1. The Bertz CT molecular complexity index is 754. The molecule has 7 heteroatoms. The predicted molar refractivity (Wildman–Crippen MR) is 99.4 cm³/mol. The normalized spacial score (nSPS) is 17.8. The third kappa shape index (κ3) is 6.06. The molecule has 0 bridgehead atoms. The number of carbonyl (C=O) groups is 1. The Balaban J connectivity index is 1.49. The summed E-state index contributed by atoms with van der Waals surface area (Å²) in [7, 11) is 0. The standard InChI is InChI=1S/C20H27N3O4/c1-14-8-15(2)10-17(9-14)26-13-18-21-19(27-22-18)12-23-7-3-4-16(11-23)5-6-20(24)25/h8-10,16H,3-7,11-13H2,1-2H3,(H,24,25).